The van der Waals surface area contributed by atoms with E-state index in [2.05, 4.69) is 20.4 Å². The smallest absolute Gasteiger partial charge is 0.222 e. The third kappa shape index (κ3) is 3.78. The van der Waals surface area contributed by atoms with Crippen molar-refractivity contribution in [2.45, 2.75) is 26.8 Å². The normalized spacial score (nSPS) is 12.1. The number of hydrogen-bond donors (Lipinski definition) is 1. The number of hydrogen-bond acceptors (Lipinski definition) is 7. The van der Waals surface area contributed by atoms with E-state index in [0.717, 1.165) is 22.4 Å². The van der Waals surface area contributed by atoms with Gasteiger partial charge in [-0.15, -0.1) is 0 Å². The van der Waals surface area contributed by atoms with E-state index >= 15 is 0 Å². The van der Waals surface area contributed by atoms with Gasteiger partial charge >= 0.3 is 0 Å². The molecule has 0 bridgehead atoms. The summed E-state index contributed by atoms with van der Waals surface area (Å²) in [6.45, 7) is 5.80. The molecule has 0 aliphatic heterocycles. The van der Waals surface area contributed by atoms with Gasteiger partial charge in [-0.1, -0.05) is 41.6 Å². The Morgan fingerprint density at radius 1 is 1.00 bits per heavy atom. The molecule has 0 aliphatic rings. The van der Waals surface area contributed by atoms with Crippen LogP contribution in [0.1, 0.15) is 29.7 Å². The molecular weight excluding hydrogens is 416 g/mol. The highest BCUT2D eigenvalue weighted by Crippen LogP contribution is 2.33. The van der Waals surface area contributed by atoms with Gasteiger partial charge < -0.3 is 14.3 Å². The van der Waals surface area contributed by atoms with Crippen LogP contribution in [-0.4, -0.2) is 15.1 Å². The highest BCUT2D eigenvalue weighted by molar-refractivity contribution is 5.85. The molecule has 3 heterocycles. The first kappa shape index (κ1) is 20.6. The van der Waals surface area contributed by atoms with E-state index in [1.54, 1.807) is 6.20 Å². The van der Waals surface area contributed by atoms with Crippen molar-refractivity contribution in [3.05, 3.63) is 94.1 Å². The van der Waals surface area contributed by atoms with Crippen molar-refractivity contribution in [1.29, 1.82) is 0 Å². The molecule has 0 amide bonds. The minimum Gasteiger partial charge on any atom is -0.455 e. The van der Waals surface area contributed by atoms with Crippen LogP contribution in [0.3, 0.4) is 0 Å². The Kier molecular flexibility index (Phi) is 5.22. The number of nitrogens with one attached hydrogen (secondary N) is 1. The van der Waals surface area contributed by atoms with Gasteiger partial charge in [0.25, 0.3) is 0 Å². The summed E-state index contributed by atoms with van der Waals surface area (Å²) >= 11 is 0. The van der Waals surface area contributed by atoms with E-state index in [1.165, 1.54) is 6.39 Å². The van der Waals surface area contributed by atoms with Gasteiger partial charge in [-0.05, 0) is 44.5 Å². The van der Waals surface area contributed by atoms with Gasteiger partial charge in [-0.2, -0.15) is 4.98 Å². The van der Waals surface area contributed by atoms with Crippen molar-refractivity contribution in [2.24, 2.45) is 0 Å². The summed E-state index contributed by atoms with van der Waals surface area (Å²) < 4.78 is 11.3. The van der Waals surface area contributed by atoms with Crippen molar-refractivity contribution >= 4 is 16.7 Å². The van der Waals surface area contributed by atoms with E-state index in [9.17, 15) is 4.79 Å². The van der Waals surface area contributed by atoms with Crippen LogP contribution in [0.5, 0.6) is 0 Å². The zero-order chi connectivity index (χ0) is 22.9. The van der Waals surface area contributed by atoms with Gasteiger partial charge in [0, 0.05) is 22.9 Å². The maximum absolute atomic E-state index is 13.3. The molecule has 1 atom stereocenters. The average Bonchev–Trinajstić information content (AvgIpc) is 3.37. The van der Waals surface area contributed by atoms with E-state index in [-0.39, 0.29) is 11.5 Å². The molecule has 1 N–H and O–H groups in total. The standard InChI is InChI=1S/C26H22N4O3/c1-15-12-19(17(3)29-21-10-7-11-27-22(21)26-28-14-32-30-26)25-20(13-15)23(31)16(2)24(33-25)18-8-5-4-6-9-18/h4-14,17,29H,1-3H3/t17-/m1/s1. The lowest BCUT2D eigenvalue weighted by atomic mass is 9.98. The summed E-state index contributed by atoms with van der Waals surface area (Å²) in [5.74, 6) is 0.979. The Morgan fingerprint density at radius 3 is 2.58 bits per heavy atom. The summed E-state index contributed by atoms with van der Waals surface area (Å²) in [5.41, 5.74) is 5.19. The molecule has 33 heavy (non-hydrogen) atoms. The molecule has 3 aromatic heterocycles. The predicted molar refractivity (Wildman–Crippen MR) is 127 cm³/mol. The second kappa shape index (κ2) is 8.35. The van der Waals surface area contributed by atoms with Crippen molar-refractivity contribution in [2.75, 3.05) is 5.32 Å². The molecule has 2 aromatic carbocycles. The second-order valence-electron chi connectivity index (χ2n) is 8.00. The predicted octanol–water partition coefficient (Wildman–Crippen LogP) is 5.69. The lowest BCUT2D eigenvalue weighted by Crippen LogP contribution is -2.13. The van der Waals surface area contributed by atoms with Crippen molar-refractivity contribution in [3.8, 4) is 22.8 Å². The van der Waals surface area contributed by atoms with E-state index in [4.69, 9.17) is 8.94 Å². The molecule has 7 heteroatoms. The first-order valence-corrected chi connectivity index (χ1v) is 10.6. The summed E-state index contributed by atoms with van der Waals surface area (Å²) in [6, 6.07) is 17.2. The van der Waals surface area contributed by atoms with E-state index < -0.39 is 0 Å². The maximum atomic E-state index is 13.3. The van der Waals surface area contributed by atoms with Gasteiger partial charge in [0.1, 0.15) is 17.0 Å². The Morgan fingerprint density at radius 2 is 1.82 bits per heavy atom. The van der Waals surface area contributed by atoms with Gasteiger partial charge in [0.2, 0.25) is 12.2 Å². The number of aromatic nitrogens is 3. The Labute approximate surface area is 190 Å². The molecule has 0 saturated heterocycles. The zero-order valence-electron chi connectivity index (χ0n) is 18.5. The number of aryl methyl sites for hydroxylation is 1. The molecule has 0 radical (unpaired) electrons. The van der Waals surface area contributed by atoms with Crippen LogP contribution < -0.4 is 10.7 Å². The molecule has 0 unspecified atom stereocenters. The first-order valence-electron chi connectivity index (χ1n) is 10.6. The van der Waals surface area contributed by atoms with Crippen molar-refractivity contribution in [1.82, 2.24) is 15.1 Å². The van der Waals surface area contributed by atoms with Gasteiger partial charge in [0.15, 0.2) is 5.43 Å². The quantitative estimate of drug-likeness (QED) is 0.376. The third-order valence-corrected chi connectivity index (χ3v) is 5.65. The number of benzene rings is 2. The van der Waals surface area contributed by atoms with Gasteiger partial charge in [0.05, 0.1) is 17.1 Å². The molecule has 0 fully saturated rings. The number of pyridine rings is 1. The first-order chi connectivity index (χ1) is 16.0. The lowest BCUT2D eigenvalue weighted by molar-refractivity contribution is 0.418. The molecule has 7 nitrogen and oxygen atoms in total. The number of anilines is 1. The van der Waals surface area contributed by atoms with E-state index in [1.807, 2.05) is 75.4 Å². The average molecular weight is 438 g/mol. The molecule has 0 aliphatic carbocycles. The molecule has 164 valence electrons. The van der Waals surface area contributed by atoms with Crippen LogP contribution in [0.25, 0.3) is 33.8 Å². The highest BCUT2D eigenvalue weighted by atomic mass is 16.5. The summed E-state index contributed by atoms with van der Waals surface area (Å²) in [4.78, 5) is 21.8. The monoisotopic (exact) mass is 438 g/mol. The molecule has 0 saturated carbocycles. The highest BCUT2D eigenvalue weighted by Gasteiger charge is 2.20. The Balaban J connectivity index is 1.64. The Hall–Kier alpha value is -4.26. The number of rotatable bonds is 5. The van der Waals surface area contributed by atoms with Crippen molar-refractivity contribution in [3.63, 3.8) is 0 Å². The van der Waals surface area contributed by atoms with E-state index in [0.29, 0.717) is 33.8 Å². The SMILES string of the molecule is Cc1cc([C@@H](C)Nc2cccnc2-c2ncon2)c2oc(-c3ccccc3)c(C)c(=O)c2c1. The second-order valence-corrected chi connectivity index (χ2v) is 8.00. The van der Waals surface area contributed by atoms with Crippen LogP contribution >= 0.6 is 0 Å². The molecule has 5 aromatic rings. The van der Waals surface area contributed by atoms with Gasteiger partial charge in [-0.3, -0.25) is 9.78 Å². The van der Waals surface area contributed by atoms with Crippen LogP contribution in [0.2, 0.25) is 0 Å². The summed E-state index contributed by atoms with van der Waals surface area (Å²) in [5, 5.41) is 7.96. The zero-order valence-corrected chi connectivity index (χ0v) is 18.5. The molecule has 5 rings (SSSR count). The fourth-order valence-electron chi connectivity index (χ4n) is 4.04. The van der Waals surface area contributed by atoms with Gasteiger partial charge in [-0.25, -0.2) is 0 Å². The number of fused-ring (bicyclic) bond motifs is 1. The lowest BCUT2D eigenvalue weighted by Gasteiger charge is -2.19. The minimum atomic E-state index is -0.197. The minimum absolute atomic E-state index is 0.0267. The fraction of sp³-hybridized carbons (Fsp3) is 0.154. The van der Waals surface area contributed by atoms with Crippen molar-refractivity contribution < 1.29 is 8.94 Å². The topological polar surface area (TPSA) is 94.1 Å². The van der Waals surface area contributed by atoms with Crippen LogP contribution in [0, 0.1) is 13.8 Å². The largest absolute Gasteiger partial charge is 0.455 e. The maximum Gasteiger partial charge on any atom is 0.222 e. The Bertz CT molecular complexity index is 1490. The number of nitrogens with zero attached hydrogens (tertiary/aromatic N) is 3. The van der Waals surface area contributed by atoms with Crippen LogP contribution in [0.15, 0.2) is 80.9 Å². The summed E-state index contributed by atoms with van der Waals surface area (Å²) in [7, 11) is 0. The summed E-state index contributed by atoms with van der Waals surface area (Å²) in [6.07, 6.45) is 2.95. The van der Waals surface area contributed by atoms with Crippen LogP contribution in [-0.2, 0) is 0 Å². The molecule has 0 spiro atoms. The molecular formula is C26H22N4O3. The van der Waals surface area contributed by atoms with Crippen LogP contribution in [0.4, 0.5) is 5.69 Å². The fourth-order valence-corrected chi connectivity index (χ4v) is 4.04. The third-order valence-electron chi connectivity index (χ3n) is 5.65.